The third-order valence-corrected chi connectivity index (χ3v) is 4.94. The van der Waals surface area contributed by atoms with Crippen molar-refractivity contribution in [3.8, 4) is 0 Å². The van der Waals surface area contributed by atoms with Crippen molar-refractivity contribution in [3.05, 3.63) is 34.9 Å². The highest BCUT2D eigenvalue weighted by molar-refractivity contribution is 6.05. The molecule has 0 radical (unpaired) electrons. The maximum Gasteiger partial charge on any atom is 0.255 e. The van der Waals surface area contributed by atoms with Crippen molar-refractivity contribution in [2.24, 2.45) is 0 Å². The van der Waals surface area contributed by atoms with E-state index in [1.807, 2.05) is 25.2 Å². The number of amides is 3. The molecule has 1 fully saturated rings. The van der Waals surface area contributed by atoms with Crippen LogP contribution in [0.2, 0.25) is 0 Å². The van der Waals surface area contributed by atoms with Gasteiger partial charge in [-0.1, -0.05) is 12.1 Å². The zero-order valence-electron chi connectivity index (χ0n) is 14.6. The summed E-state index contributed by atoms with van der Waals surface area (Å²) in [5, 5.41) is 8.89. The molecule has 7 nitrogen and oxygen atoms in total. The zero-order valence-corrected chi connectivity index (χ0v) is 14.6. The van der Waals surface area contributed by atoms with Crippen LogP contribution >= 0.6 is 0 Å². The minimum absolute atomic E-state index is 0.130. The Bertz CT molecular complexity index is 704. The van der Waals surface area contributed by atoms with Crippen molar-refractivity contribution in [1.29, 1.82) is 0 Å². The number of nitrogens with zero attached hydrogens (tertiary/aromatic N) is 1. The standard InChI is InChI=1S/C18H24N4O3/c1-11(19-2)8-20-9-12-4-3-5-13-14(12)10-22(18(13)25)15-6-7-16(23)21-17(15)24/h3-5,11,15,19-20H,6-10H2,1-2H3,(H,21,23,24)/t11-,15?/m1/s1. The second-order valence-electron chi connectivity index (χ2n) is 6.66. The number of piperidine rings is 1. The maximum absolute atomic E-state index is 12.7. The quantitative estimate of drug-likeness (QED) is 0.639. The number of nitrogens with one attached hydrogen (secondary N) is 3. The molecule has 0 aromatic heterocycles. The Morgan fingerprint density at radius 3 is 2.84 bits per heavy atom. The van der Waals surface area contributed by atoms with E-state index in [0.717, 1.165) is 17.7 Å². The van der Waals surface area contributed by atoms with Crippen LogP contribution in [0.15, 0.2) is 18.2 Å². The predicted molar refractivity (Wildman–Crippen MR) is 92.7 cm³/mol. The largest absolute Gasteiger partial charge is 0.322 e. The molecule has 3 rings (SSSR count). The van der Waals surface area contributed by atoms with Crippen LogP contribution in [-0.2, 0) is 22.7 Å². The lowest BCUT2D eigenvalue weighted by Crippen LogP contribution is -2.52. The van der Waals surface area contributed by atoms with Crippen LogP contribution < -0.4 is 16.0 Å². The molecule has 2 aliphatic rings. The lowest BCUT2D eigenvalue weighted by Gasteiger charge is -2.29. The van der Waals surface area contributed by atoms with Crippen LogP contribution in [-0.4, -0.2) is 48.3 Å². The second-order valence-corrected chi connectivity index (χ2v) is 6.66. The maximum atomic E-state index is 12.7. The summed E-state index contributed by atoms with van der Waals surface area (Å²) in [5.74, 6) is -0.774. The van der Waals surface area contributed by atoms with Gasteiger partial charge >= 0.3 is 0 Å². The van der Waals surface area contributed by atoms with Gasteiger partial charge in [0.15, 0.2) is 0 Å². The average molecular weight is 344 g/mol. The van der Waals surface area contributed by atoms with Crippen molar-refractivity contribution in [3.63, 3.8) is 0 Å². The van der Waals surface area contributed by atoms with Gasteiger partial charge in [-0.15, -0.1) is 0 Å². The average Bonchev–Trinajstić information content (AvgIpc) is 2.92. The van der Waals surface area contributed by atoms with Crippen molar-refractivity contribution < 1.29 is 14.4 Å². The van der Waals surface area contributed by atoms with E-state index in [0.29, 0.717) is 31.1 Å². The molecule has 3 amide bonds. The SMILES string of the molecule is CN[C@H](C)CNCc1cccc2c1CN(C1CCC(=O)NC1=O)C2=O. The molecule has 0 aliphatic carbocycles. The first-order valence-electron chi connectivity index (χ1n) is 8.64. The normalized spacial score (nSPS) is 21.3. The van der Waals surface area contributed by atoms with E-state index in [9.17, 15) is 14.4 Å². The number of likely N-dealkylation sites (N-methyl/N-ethyl adjacent to an activating group) is 1. The summed E-state index contributed by atoms with van der Waals surface area (Å²) >= 11 is 0. The number of carbonyl (C=O) groups is 3. The van der Waals surface area contributed by atoms with E-state index >= 15 is 0 Å². The predicted octanol–water partition coefficient (Wildman–Crippen LogP) is 0.145. The number of fused-ring (bicyclic) bond motifs is 1. The summed E-state index contributed by atoms with van der Waals surface area (Å²) in [6.45, 7) is 4.01. The smallest absolute Gasteiger partial charge is 0.255 e. The molecule has 134 valence electrons. The molecule has 2 atom stereocenters. The van der Waals surface area contributed by atoms with Crippen molar-refractivity contribution >= 4 is 17.7 Å². The lowest BCUT2D eigenvalue weighted by atomic mass is 10.0. The highest BCUT2D eigenvalue weighted by Gasteiger charge is 2.39. The van der Waals surface area contributed by atoms with Crippen LogP contribution in [0.4, 0.5) is 0 Å². The molecule has 2 aliphatic heterocycles. The van der Waals surface area contributed by atoms with Crippen molar-refractivity contribution in [2.45, 2.75) is 44.9 Å². The summed E-state index contributed by atoms with van der Waals surface area (Å²) in [7, 11) is 1.92. The van der Waals surface area contributed by atoms with E-state index in [4.69, 9.17) is 0 Å². The van der Waals surface area contributed by atoms with Crippen LogP contribution in [0.1, 0.15) is 41.3 Å². The fourth-order valence-electron chi connectivity index (χ4n) is 3.34. The molecule has 1 aromatic carbocycles. The minimum atomic E-state index is -0.567. The summed E-state index contributed by atoms with van der Waals surface area (Å²) in [6.07, 6.45) is 0.657. The Morgan fingerprint density at radius 2 is 2.12 bits per heavy atom. The van der Waals surface area contributed by atoms with Gasteiger partial charge in [-0.3, -0.25) is 19.7 Å². The molecule has 1 aromatic rings. The lowest BCUT2D eigenvalue weighted by molar-refractivity contribution is -0.136. The van der Waals surface area contributed by atoms with E-state index in [1.165, 1.54) is 0 Å². The zero-order chi connectivity index (χ0) is 18.0. The fourth-order valence-corrected chi connectivity index (χ4v) is 3.34. The van der Waals surface area contributed by atoms with Crippen LogP contribution in [0.5, 0.6) is 0 Å². The van der Waals surface area contributed by atoms with Gasteiger partial charge < -0.3 is 15.5 Å². The molecule has 25 heavy (non-hydrogen) atoms. The number of hydrogen-bond donors (Lipinski definition) is 3. The Hall–Kier alpha value is -2.25. The Labute approximate surface area is 147 Å². The van der Waals surface area contributed by atoms with E-state index in [-0.39, 0.29) is 24.1 Å². The molecule has 1 saturated heterocycles. The highest BCUT2D eigenvalue weighted by Crippen LogP contribution is 2.29. The van der Waals surface area contributed by atoms with Crippen LogP contribution in [0.3, 0.4) is 0 Å². The van der Waals surface area contributed by atoms with Gasteiger partial charge in [0.25, 0.3) is 5.91 Å². The summed E-state index contributed by atoms with van der Waals surface area (Å²) in [6, 6.07) is 5.49. The van der Waals surface area contributed by atoms with Crippen LogP contribution in [0.25, 0.3) is 0 Å². The first kappa shape index (κ1) is 17.6. The third kappa shape index (κ3) is 3.57. The number of hydrogen-bond acceptors (Lipinski definition) is 5. The van der Waals surface area contributed by atoms with Gasteiger partial charge in [-0.2, -0.15) is 0 Å². The van der Waals surface area contributed by atoms with Gasteiger partial charge in [-0.25, -0.2) is 0 Å². The van der Waals surface area contributed by atoms with E-state index < -0.39 is 6.04 Å². The molecule has 0 bridgehead atoms. The van der Waals surface area contributed by atoms with Gasteiger partial charge in [-0.05, 0) is 37.6 Å². The number of imide groups is 1. The van der Waals surface area contributed by atoms with E-state index in [2.05, 4.69) is 22.9 Å². The molecule has 0 saturated carbocycles. The Morgan fingerprint density at radius 1 is 1.32 bits per heavy atom. The van der Waals surface area contributed by atoms with Gasteiger partial charge in [0.2, 0.25) is 11.8 Å². The Kier molecular flexibility index (Phi) is 5.15. The Balaban J connectivity index is 1.73. The molecule has 3 N–H and O–H groups in total. The first-order valence-corrected chi connectivity index (χ1v) is 8.64. The van der Waals surface area contributed by atoms with Gasteiger partial charge in [0.05, 0.1) is 0 Å². The first-order chi connectivity index (χ1) is 12.0. The van der Waals surface area contributed by atoms with E-state index in [1.54, 1.807) is 4.90 Å². The third-order valence-electron chi connectivity index (χ3n) is 4.94. The molecule has 7 heteroatoms. The summed E-state index contributed by atoms with van der Waals surface area (Å²) < 4.78 is 0. The van der Waals surface area contributed by atoms with Crippen LogP contribution in [0, 0.1) is 0 Å². The summed E-state index contributed by atoms with van der Waals surface area (Å²) in [5.41, 5.74) is 2.71. The monoisotopic (exact) mass is 344 g/mol. The topological polar surface area (TPSA) is 90.5 Å². The molecular weight excluding hydrogens is 320 g/mol. The molecule has 1 unspecified atom stereocenters. The summed E-state index contributed by atoms with van der Waals surface area (Å²) in [4.78, 5) is 37.8. The van der Waals surface area contributed by atoms with Gasteiger partial charge in [0.1, 0.15) is 6.04 Å². The highest BCUT2D eigenvalue weighted by atomic mass is 16.2. The fraction of sp³-hybridized carbons (Fsp3) is 0.500. The van der Waals surface area contributed by atoms with Crippen molar-refractivity contribution in [2.75, 3.05) is 13.6 Å². The number of rotatable bonds is 6. The number of benzene rings is 1. The second kappa shape index (κ2) is 7.33. The number of carbonyl (C=O) groups excluding carboxylic acids is 3. The molecule has 2 heterocycles. The molecule has 0 spiro atoms. The minimum Gasteiger partial charge on any atom is -0.322 e. The molecular formula is C18H24N4O3. The van der Waals surface area contributed by atoms with Crippen molar-refractivity contribution in [1.82, 2.24) is 20.9 Å². The van der Waals surface area contributed by atoms with Gasteiger partial charge in [0, 0.05) is 37.7 Å².